The summed E-state index contributed by atoms with van der Waals surface area (Å²) in [5.41, 5.74) is 0.870. The molecule has 1 heterocycles. The third kappa shape index (κ3) is 5.40. The highest BCUT2D eigenvalue weighted by Crippen LogP contribution is 2.37. The zero-order valence-corrected chi connectivity index (χ0v) is 17.8. The fourth-order valence-electron chi connectivity index (χ4n) is 3.40. The van der Waals surface area contributed by atoms with Crippen molar-refractivity contribution < 1.29 is 29.3 Å². The molecule has 1 aromatic heterocycles. The molecule has 0 fully saturated rings. The molecule has 1 amide bonds. The number of benzene rings is 2. The zero-order chi connectivity index (χ0) is 23.3. The molecule has 0 radical (unpaired) electrons. The van der Waals surface area contributed by atoms with E-state index in [1.54, 1.807) is 37.3 Å². The Morgan fingerprint density at radius 2 is 1.81 bits per heavy atom. The normalized spacial score (nSPS) is 11.7. The van der Waals surface area contributed by atoms with Gasteiger partial charge in [0.1, 0.15) is 11.5 Å². The second-order valence-electron chi connectivity index (χ2n) is 7.39. The highest BCUT2D eigenvalue weighted by molar-refractivity contribution is 5.77. The lowest BCUT2D eigenvalue weighted by atomic mass is 9.91. The highest BCUT2D eigenvalue weighted by atomic mass is 16.5. The first-order chi connectivity index (χ1) is 15.3. The van der Waals surface area contributed by atoms with Crippen LogP contribution < -0.4 is 15.5 Å². The number of phenolic OH excluding ortho intramolecular Hbond substituents is 2. The molecule has 8 heteroatoms. The molecule has 0 saturated carbocycles. The lowest BCUT2D eigenvalue weighted by Crippen LogP contribution is -2.27. The van der Waals surface area contributed by atoms with Crippen LogP contribution in [0.4, 0.5) is 0 Å². The van der Waals surface area contributed by atoms with Crippen molar-refractivity contribution >= 4 is 5.91 Å². The average molecular weight is 439 g/mol. The number of rotatable bonds is 8. The average Bonchev–Trinajstić information content (AvgIpc) is 2.76. The van der Waals surface area contributed by atoms with Crippen LogP contribution in [0.3, 0.4) is 0 Å². The summed E-state index contributed by atoms with van der Waals surface area (Å²) >= 11 is 0. The van der Waals surface area contributed by atoms with Crippen LogP contribution in [0, 0.1) is 6.92 Å². The second kappa shape index (κ2) is 9.91. The van der Waals surface area contributed by atoms with Gasteiger partial charge in [-0.25, -0.2) is 0 Å². The van der Waals surface area contributed by atoms with Crippen molar-refractivity contribution in [3.63, 3.8) is 0 Å². The molecular formula is C24H25NO7. The van der Waals surface area contributed by atoms with Crippen molar-refractivity contribution in [1.29, 1.82) is 0 Å². The van der Waals surface area contributed by atoms with Crippen LogP contribution in [-0.4, -0.2) is 34.9 Å². The SMILES string of the molecule is COc1cc(C(CC(=O)NCCc2ccc(O)cc2)c2oc(C)cc(=O)c2O)ccc1O. The van der Waals surface area contributed by atoms with Crippen LogP contribution in [0.2, 0.25) is 0 Å². The molecule has 0 bridgehead atoms. The maximum Gasteiger partial charge on any atom is 0.227 e. The molecule has 2 aromatic carbocycles. The monoisotopic (exact) mass is 439 g/mol. The van der Waals surface area contributed by atoms with E-state index in [2.05, 4.69) is 5.32 Å². The van der Waals surface area contributed by atoms with Gasteiger partial charge in [0.2, 0.25) is 17.1 Å². The van der Waals surface area contributed by atoms with E-state index in [9.17, 15) is 24.9 Å². The number of carbonyl (C=O) groups is 1. The van der Waals surface area contributed by atoms with Gasteiger partial charge in [-0.2, -0.15) is 0 Å². The molecule has 1 atom stereocenters. The third-order valence-electron chi connectivity index (χ3n) is 5.06. The van der Waals surface area contributed by atoms with Crippen molar-refractivity contribution in [1.82, 2.24) is 5.32 Å². The Morgan fingerprint density at radius 3 is 2.50 bits per heavy atom. The number of methoxy groups -OCH3 is 1. The van der Waals surface area contributed by atoms with Crippen LogP contribution in [0.15, 0.2) is 57.7 Å². The molecule has 1 unspecified atom stereocenters. The van der Waals surface area contributed by atoms with E-state index >= 15 is 0 Å². The summed E-state index contributed by atoms with van der Waals surface area (Å²) in [7, 11) is 1.40. The number of phenols is 2. The van der Waals surface area contributed by atoms with Gasteiger partial charge in [-0.05, 0) is 48.7 Å². The number of hydrogen-bond acceptors (Lipinski definition) is 7. The summed E-state index contributed by atoms with van der Waals surface area (Å²) in [6, 6.07) is 12.4. The Hall–Kier alpha value is -3.94. The van der Waals surface area contributed by atoms with E-state index in [1.807, 2.05) is 0 Å². The second-order valence-corrected chi connectivity index (χ2v) is 7.39. The molecule has 3 rings (SSSR count). The van der Waals surface area contributed by atoms with Crippen LogP contribution in [0.25, 0.3) is 0 Å². The Balaban J connectivity index is 1.83. The Bertz CT molecular complexity index is 1150. The van der Waals surface area contributed by atoms with Gasteiger partial charge in [-0.3, -0.25) is 9.59 Å². The zero-order valence-electron chi connectivity index (χ0n) is 17.8. The van der Waals surface area contributed by atoms with Crippen molar-refractivity contribution in [3.05, 3.63) is 81.4 Å². The topological polar surface area (TPSA) is 129 Å². The number of amides is 1. The maximum absolute atomic E-state index is 12.7. The quantitative estimate of drug-likeness (QED) is 0.425. The first-order valence-corrected chi connectivity index (χ1v) is 10.0. The highest BCUT2D eigenvalue weighted by Gasteiger charge is 2.26. The molecule has 3 aromatic rings. The minimum atomic E-state index is -0.786. The summed E-state index contributed by atoms with van der Waals surface area (Å²) in [5.74, 6) is -1.12. The Kier molecular flexibility index (Phi) is 7.04. The summed E-state index contributed by atoms with van der Waals surface area (Å²) in [4.78, 5) is 24.8. The van der Waals surface area contributed by atoms with Crippen molar-refractivity contribution in [3.8, 4) is 23.0 Å². The van der Waals surface area contributed by atoms with Gasteiger partial charge in [-0.1, -0.05) is 18.2 Å². The first kappa shape index (κ1) is 22.7. The van der Waals surface area contributed by atoms with E-state index in [1.165, 1.54) is 25.3 Å². The standard InChI is InChI=1S/C24H25NO7/c1-14-11-20(28)23(30)24(32-14)18(16-5-8-19(27)21(12-16)31-2)13-22(29)25-10-9-15-3-6-17(26)7-4-15/h3-8,11-12,18,26-27,30H,9-10,13H2,1-2H3,(H,25,29). The molecule has 0 aliphatic heterocycles. The summed E-state index contributed by atoms with van der Waals surface area (Å²) < 4.78 is 10.8. The van der Waals surface area contributed by atoms with Crippen molar-refractivity contribution in [2.24, 2.45) is 0 Å². The first-order valence-electron chi connectivity index (χ1n) is 10.0. The van der Waals surface area contributed by atoms with Gasteiger partial charge in [0.05, 0.1) is 13.0 Å². The maximum atomic E-state index is 12.7. The molecular weight excluding hydrogens is 414 g/mol. The van der Waals surface area contributed by atoms with Gasteiger partial charge < -0.3 is 29.8 Å². The fraction of sp³-hybridized carbons (Fsp3) is 0.250. The van der Waals surface area contributed by atoms with Gasteiger partial charge in [-0.15, -0.1) is 0 Å². The predicted molar refractivity (Wildman–Crippen MR) is 117 cm³/mol. The van der Waals surface area contributed by atoms with Crippen LogP contribution >= 0.6 is 0 Å². The smallest absolute Gasteiger partial charge is 0.227 e. The lowest BCUT2D eigenvalue weighted by Gasteiger charge is -2.19. The molecule has 4 N–H and O–H groups in total. The molecule has 0 saturated heterocycles. The van der Waals surface area contributed by atoms with Gasteiger partial charge in [0.15, 0.2) is 17.3 Å². The van der Waals surface area contributed by atoms with Crippen LogP contribution in [0.5, 0.6) is 23.0 Å². The molecule has 0 spiro atoms. The lowest BCUT2D eigenvalue weighted by molar-refractivity contribution is -0.121. The van der Waals surface area contributed by atoms with Crippen LogP contribution in [-0.2, 0) is 11.2 Å². The number of hydrogen-bond donors (Lipinski definition) is 4. The van der Waals surface area contributed by atoms with Crippen molar-refractivity contribution in [2.75, 3.05) is 13.7 Å². The number of aryl methyl sites for hydroxylation is 1. The van der Waals surface area contributed by atoms with Gasteiger partial charge in [0, 0.05) is 19.0 Å². The number of ether oxygens (including phenoxy) is 1. The molecule has 0 aliphatic carbocycles. The van der Waals surface area contributed by atoms with E-state index in [0.717, 1.165) is 5.56 Å². The Labute approximate surface area is 184 Å². The van der Waals surface area contributed by atoms with Crippen LogP contribution in [0.1, 0.15) is 35.0 Å². The minimum absolute atomic E-state index is 0.0311. The number of aromatic hydroxyl groups is 3. The van der Waals surface area contributed by atoms with Gasteiger partial charge >= 0.3 is 0 Å². The minimum Gasteiger partial charge on any atom is -0.508 e. The largest absolute Gasteiger partial charge is 0.508 e. The van der Waals surface area contributed by atoms with E-state index in [4.69, 9.17) is 9.15 Å². The summed E-state index contributed by atoms with van der Waals surface area (Å²) in [6.07, 6.45) is 0.456. The molecule has 168 valence electrons. The van der Waals surface area contributed by atoms with E-state index < -0.39 is 17.1 Å². The number of carbonyl (C=O) groups excluding carboxylic acids is 1. The van der Waals surface area contributed by atoms with Gasteiger partial charge in [0.25, 0.3) is 0 Å². The fourth-order valence-corrected chi connectivity index (χ4v) is 3.40. The van der Waals surface area contributed by atoms with Crippen molar-refractivity contribution in [2.45, 2.75) is 25.7 Å². The number of nitrogens with one attached hydrogen (secondary N) is 1. The Morgan fingerprint density at radius 1 is 1.09 bits per heavy atom. The van der Waals surface area contributed by atoms with E-state index in [0.29, 0.717) is 24.3 Å². The summed E-state index contributed by atoms with van der Waals surface area (Å²) in [6.45, 7) is 1.94. The summed E-state index contributed by atoms with van der Waals surface area (Å²) in [5, 5.41) is 32.4. The predicted octanol–water partition coefficient (Wildman–Crippen LogP) is 2.95. The molecule has 8 nitrogen and oxygen atoms in total. The molecule has 32 heavy (non-hydrogen) atoms. The van der Waals surface area contributed by atoms with E-state index in [-0.39, 0.29) is 35.3 Å². The third-order valence-corrected chi connectivity index (χ3v) is 5.06. The molecule has 0 aliphatic rings.